The molecule has 24 heavy (non-hydrogen) atoms. The van der Waals surface area contributed by atoms with Crippen LogP contribution in [0.25, 0.3) is 0 Å². The summed E-state index contributed by atoms with van der Waals surface area (Å²) in [5.41, 5.74) is 2.50. The number of hydrogen-bond donors (Lipinski definition) is 2. The van der Waals surface area contributed by atoms with Crippen LogP contribution in [0.2, 0.25) is 0 Å². The number of nitrogens with one attached hydrogen (secondary N) is 2. The maximum absolute atomic E-state index is 3.58. The van der Waals surface area contributed by atoms with Crippen molar-refractivity contribution in [2.75, 3.05) is 17.2 Å². The largest absolute Gasteiger partial charge is 0.385 e. The fourth-order valence-electron chi connectivity index (χ4n) is 2.98. The second-order valence-corrected chi connectivity index (χ2v) is 6.49. The minimum Gasteiger partial charge on any atom is -0.385 e. The zero-order valence-electron chi connectivity index (χ0n) is 15.0. The highest BCUT2D eigenvalue weighted by molar-refractivity contribution is 5.43. The molecule has 1 aliphatic rings. The minimum atomic E-state index is 0.719. The van der Waals surface area contributed by atoms with Crippen molar-refractivity contribution in [2.24, 2.45) is 0 Å². The molecule has 1 saturated carbocycles. The van der Waals surface area contributed by atoms with Gasteiger partial charge in [0.2, 0.25) is 0 Å². The number of unbranched alkanes of at least 4 members (excludes halogenated alkanes) is 1. The predicted molar refractivity (Wildman–Crippen MR) is 107 cm³/mol. The van der Waals surface area contributed by atoms with E-state index in [4.69, 9.17) is 0 Å². The quantitative estimate of drug-likeness (QED) is 0.607. The molecule has 0 unspecified atom stereocenters. The summed E-state index contributed by atoms with van der Waals surface area (Å²) in [6, 6.07) is 21.6. The smallest absolute Gasteiger partial charge is 0.0342 e. The van der Waals surface area contributed by atoms with E-state index in [1.165, 1.54) is 56.3 Å². The zero-order chi connectivity index (χ0) is 16.9. The Morgan fingerprint density at radius 1 is 0.792 bits per heavy atom. The highest BCUT2D eigenvalue weighted by Gasteiger charge is 2.12. The number of rotatable bonds is 6. The van der Waals surface area contributed by atoms with Gasteiger partial charge in [0.15, 0.2) is 0 Å². The van der Waals surface area contributed by atoms with Crippen LogP contribution in [0.4, 0.5) is 11.4 Å². The third kappa shape index (κ3) is 7.54. The lowest BCUT2D eigenvalue weighted by atomic mass is 9.95. The fraction of sp³-hybridized carbons (Fsp3) is 0.455. The van der Waals surface area contributed by atoms with Gasteiger partial charge in [-0.25, -0.2) is 0 Å². The fourth-order valence-corrected chi connectivity index (χ4v) is 2.98. The first kappa shape index (κ1) is 18.4. The molecule has 3 rings (SSSR count). The van der Waals surface area contributed by atoms with Gasteiger partial charge in [0.05, 0.1) is 0 Å². The molecule has 0 atom stereocenters. The average Bonchev–Trinajstić information content (AvgIpc) is 2.65. The number of para-hydroxylation sites is 2. The maximum atomic E-state index is 3.58. The van der Waals surface area contributed by atoms with Crippen LogP contribution in [0.3, 0.4) is 0 Å². The molecule has 1 aliphatic carbocycles. The van der Waals surface area contributed by atoms with E-state index in [0.717, 1.165) is 12.6 Å². The maximum Gasteiger partial charge on any atom is 0.0342 e. The summed E-state index contributed by atoms with van der Waals surface area (Å²) >= 11 is 0. The van der Waals surface area contributed by atoms with Gasteiger partial charge in [-0.3, -0.25) is 0 Å². The lowest BCUT2D eigenvalue weighted by Crippen LogP contribution is -2.21. The Morgan fingerprint density at radius 3 is 1.96 bits per heavy atom. The van der Waals surface area contributed by atoms with E-state index in [-0.39, 0.29) is 0 Å². The SMILES string of the molecule is CCCCNc1ccccc1.c1ccc(NC2CCCCC2)cc1. The number of hydrogen-bond acceptors (Lipinski definition) is 2. The Bertz CT molecular complexity index is 518. The van der Waals surface area contributed by atoms with E-state index in [9.17, 15) is 0 Å². The number of anilines is 2. The van der Waals surface area contributed by atoms with Crippen LogP contribution < -0.4 is 10.6 Å². The standard InChI is InChI=1S/C12H17N.C10H15N/c1-3-7-11(8-4-1)13-12-9-5-2-6-10-12;1-2-3-9-11-10-7-5-4-6-8-10/h1,3-4,7-8,12-13H,2,5-6,9-10H2;4-8,11H,2-3,9H2,1H3. The van der Waals surface area contributed by atoms with Gasteiger partial charge >= 0.3 is 0 Å². The van der Waals surface area contributed by atoms with Crippen molar-refractivity contribution >= 4 is 11.4 Å². The van der Waals surface area contributed by atoms with E-state index >= 15 is 0 Å². The van der Waals surface area contributed by atoms with Crippen molar-refractivity contribution in [1.29, 1.82) is 0 Å². The Labute approximate surface area is 147 Å². The molecule has 2 heteroatoms. The molecule has 0 amide bonds. The normalized spacial score (nSPS) is 14.4. The van der Waals surface area contributed by atoms with Gasteiger partial charge in [-0.15, -0.1) is 0 Å². The van der Waals surface area contributed by atoms with Crippen molar-refractivity contribution in [3.05, 3.63) is 60.7 Å². The van der Waals surface area contributed by atoms with Gasteiger partial charge in [0, 0.05) is 24.0 Å². The van der Waals surface area contributed by atoms with Crippen LogP contribution in [0, 0.1) is 0 Å². The van der Waals surface area contributed by atoms with Crippen LogP contribution >= 0.6 is 0 Å². The third-order valence-corrected chi connectivity index (χ3v) is 4.38. The number of benzene rings is 2. The van der Waals surface area contributed by atoms with Crippen LogP contribution in [-0.4, -0.2) is 12.6 Å². The molecule has 130 valence electrons. The van der Waals surface area contributed by atoms with Gasteiger partial charge in [0.25, 0.3) is 0 Å². The Hall–Kier alpha value is -1.96. The Balaban J connectivity index is 0.000000177. The van der Waals surface area contributed by atoms with E-state index in [1.807, 2.05) is 18.2 Å². The summed E-state index contributed by atoms with van der Waals surface area (Å²) in [5.74, 6) is 0. The molecule has 0 heterocycles. The molecule has 2 aromatic carbocycles. The van der Waals surface area contributed by atoms with Gasteiger partial charge < -0.3 is 10.6 Å². The minimum absolute atomic E-state index is 0.719. The summed E-state index contributed by atoms with van der Waals surface area (Å²) in [6.45, 7) is 3.28. The Morgan fingerprint density at radius 2 is 1.38 bits per heavy atom. The lowest BCUT2D eigenvalue weighted by molar-refractivity contribution is 0.463. The Kier molecular flexibility index (Phi) is 8.85. The molecule has 1 fully saturated rings. The zero-order valence-corrected chi connectivity index (χ0v) is 15.0. The van der Waals surface area contributed by atoms with Crippen molar-refractivity contribution in [3.8, 4) is 0 Å². The van der Waals surface area contributed by atoms with Gasteiger partial charge in [-0.2, -0.15) is 0 Å². The molecule has 2 nitrogen and oxygen atoms in total. The van der Waals surface area contributed by atoms with Crippen LogP contribution in [-0.2, 0) is 0 Å². The summed E-state index contributed by atoms with van der Waals surface area (Å²) in [4.78, 5) is 0. The van der Waals surface area contributed by atoms with Crippen molar-refractivity contribution in [1.82, 2.24) is 0 Å². The molecule has 0 bridgehead atoms. The summed E-state index contributed by atoms with van der Waals surface area (Å²) < 4.78 is 0. The second kappa shape index (κ2) is 11.6. The molecule has 0 aliphatic heterocycles. The van der Waals surface area contributed by atoms with Crippen LogP contribution in [0.1, 0.15) is 51.9 Å². The van der Waals surface area contributed by atoms with E-state index in [2.05, 4.69) is 60.0 Å². The van der Waals surface area contributed by atoms with E-state index in [0.29, 0.717) is 0 Å². The lowest BCUT2D eigenvalue weighted by Gasteiger charge is -2.23. The first-order valence-corrected chi connectivity index (χ1v) is 9.49. The first-order chi connectivity index (χ1) is 11.9. The van der Waals surface area contributed by atoms with Crippen LogP contribution in [0.5, 0.6) is 0 Å². The summed E-state index contributed by atoms with van der Waals surface area (Å²) in [7, 11) is 0. The molecule has 2 N–H and O–H groups in total. The monoisotopic (exact) mass is 324 g/mol. The summed E-state index contributed by atoms with van der Waals surface area (Å²) in [5, 5.41) is 6.93. The van der Waals surface area contributed by atoms with E-state index in [1.54, 1.807) is 0 Å². The highest BCUT2D eigenvalue weighted by Crippen LogP contribution is 2.21. The summed E-state index contributed by atoms with van der Waals surface area (Å²) in [6.07, 6.45) is 9.39. The molecule has 2 aromatic rings. The second-order valence-electron chi connectivity index (χ2n) is 6.49. The topological polar surface area (TPSA) is 24.1 Å². The van der Waals surface area contributed by atoms with Gasteiger partial charge in [-0.05, 0) is 43.5 Å². The molecule has 0 saturated heterocycles. The van der Waals surface area contributed by atoms with Gasteiger partial charge in [-0.1, -0.05) is 69.0 Å². The molecular weight excluding hydrogens is 292 g/mol. The first-order valence-electron chi connectivity index (χ1n) is 9.49. The molecule has 0 aromatic heterocycles. The van der Waals surface area contributed by atoms with E-state index < -0.39 is 0 Å². The average molecular weight is 325 g/mol. The molecule has 0 spiro atoms. The van der Waals surface area contributed by atoms with Crippen LogP contribution in [0.15, 0.2) is 60.7 Å². The third-order valence-electron chi connectivity index (χ3n) is 4.38. The predicted octanol–water partition coefficient (Wildman–Crippen LogP) is 6.33. The molecular formula is C22H32N2. The van der Waals surface area contributed by atoms with Crippen molar-refractivity contribution < 1.29 is 0 Å². The highest BCUT2D eigenvalue weighted by atomic mass is 14.9. The van der Waals surface area contributed by atoms with Crippen molar-refractivity contribution in [2.45, 2.75) is 57.9 Å². The van der Waals surface area contributed by atoms with Gasteiger partial charge in [0.1, 0.15) is 0 Å². The van der Waals surface area contributed by atoms with Crippen molar-refractivity contribution in [3.63, 3.8) is 0 Å². The molecule has 0 radical (unpaired) electrons.